The zero-order chi connectivity index (χ0) is 14.1. The number of hydrogen-bond acceptors (Lipinski definition) is 2. The van der Waals surface area contributed by atoms with Gasteiger partial charge in [0, 0.05) is 18.2 Å². The Balaban J connectivity index is 2.18. The summed E-state index contributed by atoms with van der Waals surface area (Å²) < 4.78 is 16.7. The van der Waals surface area contributed by atoms with Gasteiger partial charge in [-0.05, 0) is 24.1 Å². The number of nitrogens with zero attached hydrogens (tertiary/aromatic N) is 1. The van der Waals surface area contributed by atoms with E-state index in [1.807, 2.05) is 18.2 Å². The molecule has 2 aromatic rings. The molecular weight excluding hydrogens is 297 g/mol. The van der Waals surface area contributed by atoms with Crippen LogP contribution < -0.4 is 10.0 Å². The molecule has 0 aliphatic carbocycles. The second-order valence-electron chi connectivity index (χ2n) is 4.18. The first kappa shape index (κ1) is 13.3. The Morgan fingerprint density at radius 3 is 2.70 bits per heavy atom. The fraction of sp³-hybridized carbons (Fsp3) is 0.0714. The lowest BCUT2D eigenvalue weighted by atomic mass is 10.0. The highest BCUT2D eigenvalue weighted by molar-refractivity contribution is 7.98. The predicted octanol–water partition coefficient (Wildman–Crippen LogP) is 4.15. The normalized spacial score (nSPS) is 15.4. The molecule has 102 valence electrons. The molecule has 0 aromatic heterocycles. The molecule has 20 heavy (non-hydrogen) atoms. The summed E-state index contributed by atoms with van der Waals surface area (Å²) >= 11 is 7.55. The van der Waals surface area contributed by atoms with E-state index in [2.05, 4.69) is 15.0 Å². The average molecular weight is 308 g/mol. The van der Waals surface area contributed by atoms with E-state index in [4.69, 9.17) is 11.6 Å². The van der Waals surface area contributed by atoms with Crippen molar-refractivity contribution in [3.05, 3.63) is 47.2 Å². The maximum absolute atomic E-state index is 13.6. The summed E-state index contributed by atoms with van der Waals surface area (Å²) in [5, 5.41) is 3.32. The van der Waals surface area contributed by atoms with E-state index in [-0.39, 0.29) is 5.02 Å². The first-order valence-corrected chi connectivity index (χ1v) is 7.14. The van der Waals surface area contributed by atoms with E-state index in [0.717, 1.165) is 16.1 Å². The second kappa shape index (κ2) is 5.34. The number of guanidine groups is 1. The highest BCUT2D eigenvalue weighted by Gasteiger charge is 2.19. The highest BCUT2D eigenvalue weighted by atomic mass is 35.5. The minimum atomic E-state index is -0.423. The van der Waals surface area contributed by atoms with Crippen molar-refractivity contribution in [1.29, 1.82) is 0 Å². The number of hydrogen-bond donors (Lipinski definition) is 2. The van der Waals surface area contributed by atoms with Crippen molar-refractivity contribution < 1.29 is 4.39 Å². The van der Waals surface area contributed by atoms with Crippen molar-refractivity contribution in [1.82, 2.24) is 4.72 Å². The van der Waals surface area contributed by atoms with Crippen molar-refractivity contribution in [2.24, 2.45) is 4.99 Å². The summed E-state index contributed by atoms with van der Waals surface area (Å²) in [4.78, 5) is 5.10. The molecule has 0 fully saturated rings. The summed E-state index contributed by atoms with van der Waals surface area (Å²) in [6, 6.07) is 10.6. The summed E-state index contributed by atoms with van der Waals surface area (Å²) in [6.45, 7) is 0. The van der Waals surface area contributed by atoms with Crippen molar-refractivity contribution in [3.63, 3.8) is 0 Å². The molecule has 1 aliphatic heterocycles. The quantitative estimate of drug-likeness (QED) is 0.777. The SMILES string of the molecule is CN=C1NSc2cccc(-c3cccc(F)c3Cl)c2N1. The minimum Gasteiger partial charge on any atom is -0.324 e. The number of aliphatic imine (C=N–C) groups is 1. The largest absolute Gasteiger partial charge is 0.324 e. The van der Waals surface area contributed by atoms with Gasteiger partial charge in [-0.1, -0.05) is 35.9 Å². The van der Waals surface area contributed by atoms with E-state index < -0.39 is 5.82 Å². The lowest BCUT2D eigenvalue weighted by molar-refractivity contribution is 0.629. The third-order valence-electron chi connectivity index (χ3n) is 2.99. The Hall–Kier alpha value is -1.72. The molecule has 0 atom stereocenters. The maximum atomic E-state index is 13.6. The molecule has 2 aromatic carbocycles. The number of anilines is 1. The van der Waals surface area contributed by atoms with Crippen LogP contribution in [-0.4, -0.2) is 13.0 Å². The zero-order valence-corrected chi connectivity index (χ0v) is 12.1. The number of benzene rings is 2. The lowest BCUT2D eigenvalue weighted by Crippen LogP contribution is -2.29. The van der Waals surface area contributed by atoms with Gasteiger partial charge in [-0.25, -0.2) is 4.39 Å². The van der Waals surface area contributed by atoms with Gasteiger partial charge in [-0.15, -0.1) is 0 Å². The molecule has 0 saturated heterocycles. The summed E-state index contributed by atoms with van der Waals surface area (Å²) in [7, 11) is 1.69. The van der Waals surface area contributed by atoms with Crippen LogP contribution in [0.15, 0.2) is 46.3 Å². The molecule has 6 heteroatoms. The molecule has 0 saturated carbocycles. The van der Waals surface area contributed by atoms with E-state index in [9.17, 15) is 4.39 Å². The van der Waals surface area contributed by atoms with E-state index in [1.165, 1.54) is 18.0 Å². The first-order chi connectivity index (χ1) is 9.70. The van der Waals surface area contributed by atoms with Gasteiger partial charge in [0.15, 0.2) is 0 Å². The molecule has 0 amide bonds. The van der Waals surface area contributed by atoms with Crippen molar-refractivity contribution in [3.8, 4) is 11.1 Å². The van der Waals surface area contributed by atoms with Crippen LogP contribution in [0.25, 0.3) is 11.1 Å². The van der Waals surface area contributed by atoms with Gasteiger partial charge in [0.05, 0.1) is 15.6 Å². The first-order valence-electron chi connectivity index (χ1n) is 5.95. The fourth-order valence-electron chi connectivity index (χ4n) is 2.03. The number of halogens is 2. The maximum Gasteiger partial charge on any atom is 0.206 e. The van der Waals surface area contributed by atoms with Gasteiger partial charge < -0.3 is 5.32 Å². The van der Waals surface area contributed by atoms with E-state index in [0.29, 0.717) is 11.5 Å². The molecule has 1 aliphatic rings. The Labute approximate surface area is 125 Å². The van der Waals surface area contributed by atoms with Crippen LogP contribution in [0.5, 0.6) is 0 Å². The van der Waals surface area contributed by atoms with Gasteiger partial charge >= 0.3 is 0 Å². The van der Waals surface area contributed by atoms with Gasteiger partial charge in [-0.2, -0.15) is 0 Å². The number of fused-ring (bicyclic) bond motifs is 1. The van der Waals surface area contributed by atoms with Crippen LogP contribution in [0.3, 0.4) is 0 Å². The Kier molecular flexibility index (Phi) is 3.54. The zero-order valence-electron chi connectivity index (χ0n) is 10.6. The second-order valence-corrected chi connectivity index (χ2v) is 5.41. The highest BCUT2D eigenvalue weighted by Crippen LogP contribution is 2.40. The number of nitrogens with one attached hydrogen (secondary N) is 2. The lowest BCUT2D eigenvalue weighted by Gasteiger charge is -2.23. The number of rotatable bonds is 1. The smallest absolute Gasteiger partial charge is 0.206 e. The molecule has 0 bridgehead atoms. The standard InChI is InChI=1S/C14H11ClFN3S/c1-17-14-18-13-9(5-3-7-11(13)20-19-14)8-4-2-6-10(16)12(8)15/h2-7H,1H3,(H2,17,18,19). The molecule has 0 unspecified atom stereocenters. The topological polar surface area (TPSA) is 36.4 Å². The Bertz CT molecular complexity index is 703. The van der Waals surface area contributed by atoms with Crippen molar-refractivity contribution in [2.75, 3.05) is 12.4 Å². The average Bonchev–Trinajstić information content (AvgIpc) is 2.49. The van der Waals surface area contributed by atoms with Crippen molar-refractivity contribution in [2.45, 2.75) is 4.90 Å². The van der Waals surface area contributed by atoms with Gasteiger partial charge in [0.1, 0.15) is 5.82 Å². The summed E-state index contributed by atoms with van der Waals surface area (Å²) in [5.41, 5.74) is 2.39. The molecule has 1 heterocycles. The Morgan fingerprint density at radius 2 is 1.90 bits per heavy atom. The third kappa shape index (κ3) is 2.23. The summed E-state index contributed by atoms with van der Waals surface area (Å²) in [6.07, 6.45) is 0. The third-order valence-corrected chi connectivity index (χ3v) is 4.23. The van der Waals surface area contributed by atoms with Crippen LogP contribution in [-0.2, 0) is 0 Å². The van der Waals surface area contributed by atoms with Gasteiger partial charge in [-0.3, -0.25) is 9.71 Å². The molecule has 0 spiro atoms. The predicted molar refractivity (Wildman–Crippen MR) is 82.8 cm³/mol. The molecular formula is C14H11ClFN3S. The van der Waals surface area contributed by atoms with Crippen LogP contribution in [0.4, 0.5) is 10.1 Å². The van der Waals surface area contributed by atoms with E-state index >= 15 is 0 Å². The van der Waals surface area contributed by atoms with Crippen LogP contribution in [0.2, 0.25) is 5.02 Å². The summed E-state index contributed by atoms with van der Waals surface area (Å²) in [5.74, 6) is 0.232. The van der Waals surface area contributed by atoms with Crippen molar-refractivity contribution >= 4 is 35.2 Å². The van der Waals surface area contributed by atoms with Crippen LogP contribution in [0, 0.1) is 5.82 Å². The van der Waals surface area contributed by atoms with E-state index in [1.54, 1.807) is 19.2 Å². The molecule has 3 nitrogen and oxygen atoms in total. The molecule has 2 N–H and O–H groups in total. The van der Waals surface area contributed by atoms with Crippen LogP contribution >= 0.6 is 23.5 Å². The van der Waals surface area contributed by atoms with Crippen LogP contribution in [0.1, 0.15) is 0 Å². The van der Waals surface area contributed by atoms with Gasteiger partial charge in [0.2, 0.25) is 5.96 Å². The van der Waals surface area contributed by atoms with Gasteiger partial charge in [0.25, 0.3) is 0 Å². The fourth-order valence-corrected chi connectivity index (χ4v) is 3.02. The molecule has 0 radical (unpaired) electrons. The minimum absolute atomic E-state index is 0.126. The molecule has 3 rings (SSSR count). The monoisotopic (exact) mass is 307 g/mol. The Morgan fingerprint density at radius 1 is 1.15 bits per heavy atom. The number of para-hydroxylation sites is 1.